The van der Waals surface area contributed by atoms with Crippen LogP contribution in [0, 0.1) is 11.6 Å². The smallest absolute Gasteiger partial charge is 0.252 e. The third-order valence-corrected chi connectivity index (χ3v) is 4.58. The van der Waals surface area contributed by atoms with Crippen LogP contribution in [0.4, 0.5) is 14.7 Å². The Balaban J connectivity index is 1.89. The number of aromatic amines is 1. The van der Waals surface area contributed by atoms with Crippen molar-refractivity contribution >= 4 is 5.95 Å². The van der Waals surface area contributed by atoms with E-state index in [2.05, 4.69) is 15.3 Å². The zero-order valence-electron chi connectivity index (χ0n) is 13.6. The van der Waals surface area contributed by atoms with Crippen LogP contribution in [0.15, 0.2) is 29.1 Å². The van der Waals surface area contributed by atoms with E-state index in [1.54, 1.807) is 6.92 Å². The van der Waals surface area contributed by atoms with Gasteiger partial charge in [0.05, 0.1) is 5.69 Å². The molecule has 1 heterocycles. The van der Waals surface area contributed by atoms with Crippen LogP contribution in [0.1, 0.15) is 56.2 Å². The van der Waals surface area contributed by atoms with Gasteiger partial charge >= 0.3 is 0 Å². The number of nitrogens with zero attached hydrogens (tertiary/aromatic N) is 1. The molecular weight excluding hydrogens is 312 g/mol. The summed E-state index contributed by atoms with van der Waals surface area (Å²) in [7, 11) is 0. The van der Waals surface area contributed by atoms with Crippen LogP contribution < -0.4 is 10.9 Å². The highest BCUT2D eigenvalue weighted by Gasteiger charge is 2.21. The van der Waals surface area contributed by atoms with Gasteiger partial charge in [0.25, 0.3) is 5.56 Å². The molecule has 2 N–H and O–H groups in total. The summed E-state index contributed by atoms with van der Waals surface area (Å²) in [6, 6.07) is 5.31. The van der Waals surface area contributed by atoms with Crippen LogP contribution in [0.5, 0.6) is 0 Å². The summed E-state index contributed by atoms with van der Waals surface area (Å²) in [4.78, 5) is 19.0. The summed E-state index contributed by atoms with van der Waals surface area (Å²) < 4.78 is 28.0. The Labute approximate surface area is 139 Å². The topological polar surface area (TPSA) is 57.8 Å². The van der Waals surface area contributed by atoms with Gasteiger partial charge in [0, 0.05) is 23.6 Å². The van der Waals surface area contributed by atoms with Gasteiger partial charge in [-0.25, -0.2) is 13.8 Å². The van der Waals surface area contributed by atoms with Crippen LogP contribution >= 0.6 is 0 Å². The number of H-pyrrole nitrogens is 1. The lowest BCUT2D eigenvalue weighted by molar-refractivity contribution is 0.460. The van der Waals surface area contributed by atoms with Crippen LogP contribution in [0.25, 0.3) is 0 Å². The van der Waals surface area contributed by atoms with Gasteiger partial charge in [-0.2, -0.15) is 0 Å². The number of rotatable bonds is 4. The van der Waals surface area contributed by atoms with E-state index >= 15 is 0 Å². The second-order valence-corrected chi connectivity index (χ2v) is 6.36. The highest BCUT2D eigenvalue weighted by atomic mass is 19.1. The molecule has 24 heavy (non-hydrogen) atoms. The summed E-state index contributed by atoms with van der Waals surface area (Å²) in [6.07, 6.45) is 5.60. The summed E-state index contributed by atoms with van der Waals surface area (Å²) in [5.41, 5.74) is -0.0535. The molecule has 0 saturated heterocycles. The molecule has 128 valence electrons. The largest absolute Gasteiger partial charge is 0.353 e. The highest BCUT2D eigenvalue weighted by molar-refractivity contribution is 5.34. The molecule has 0 spiro atoms. The fourth-order valence-corrected chi connectivity index (χ4v) is 3.28. The maximum atomic E-state index is 14.0. The van der Waals surface area contributed by atoms with Crippen LogP contribution in [0.2, 0.25) is 0 Å². The number of halogens is 2. The van der Waals surface area contributed by atoms with Crippen molar-refractivity contribution < 1.29 is 8.78 Å². The fraction of sp³-hybridized carbons (Fsp3) is 0.444. The number of hydrogen-bond acceptors (Lipinski definition) is 3. The molecule has 0 bridgehead atoms. The van der Waals surface area contributed by atoms with Gasteiger partial charge in [0.1, 0.15) is 11.6 Å². The Morgan fingerprint density at radius 1 is 1.21 bits per heavy atom. The molecule has 1 aromatic heterocycles. The van der Waals surface area contributed by atoms with Crippen molar-refractivity contribution in [3.63, 3.8) is 0 Å². The number of hydrogen-bond donors (Lipinski definition) is 2. The second-order valence-electron chi connectivity index (χ2n) is 6.36. The predicted molar refractivity (Wildman–Crippen MR) is 89.2 cm³/mol. The zero-order chi connectivity index (χ0) is 17.1. The van der Waals surface area contributed by atoms with Gasteiger partial charge in [-0.3, -0.25) is 9.78 Å². The van der Waals surface area contributed by atoms with Crippen molar-refractivity contribution in [2.24, 2.45) is 0 Å². The van der Waals surface area contributed by atoms with E-state index < -0.39 is 17.6 Å². The number of benzene rings is 1. The standard InChI is InChI=1S/C18H21F2N3O/c1-11(17-13(19)8-5-9-14(17)20)15-10-16(24)23-18(22-15)21-12-6-3-2-4-7-12/h5,8-12H,2-4,6-7H2,1H3,(H2,21,22,23,24). The average molecular weight is 333 g/mol. The minimum atomic E-state index is -0.652. The minimum Gasteiger partial charge on any atom is -0.353 e. The lowest BCUT2D eigenvalue weighted by Crippen LogP contribution is -2.26. The summed E-state index contributed by atoms with van der Waals surface area (Å²) >= 11 is 0. The molecule has 1 fully saturated rings. The van der Waals surface area contributed by atoms with E-state index in [1.165, 1.54) is 30.7 Å². The molecule has 0 aliphatic heterocycles. The molecular formula is C18H21F2N3O. The predicted octanol–water partition coefficient (Wildman–Crippen LogP) is 3.94. The number of aromatic nitrogens is 2. The molecule has 0 amide bonds. The maximum Gasteiger partial charge on any atom is 0.252 e. The molecule has 1 aromatic carbocycles. The van der Waals surface area contributed by atoms with Crippen molar-refractivity contribution in [1.82, 2.24) is 9.97 Å². The number of nitrogens with one attached hydrogen (secondary N) is 2. The zero-order valence-corrected chi connectivity index (χ0v) is 13.6. The molecule has 1 unspecified atom stereocenters. The summed E-state index contributed by atoms with van der Waals surface area (Å²) in [5, 5.41) is 3.24. The first-order chi connectivity index (χ1) is 11.5. The Morgan fingerprint density at radius 3 is 2.54 bits per heavy atom. The Morgan fingerprint density at radius 2 is 1.88 bits per heavy atom. The van der Waals surface area contributed by atoms with Crippen molar-refractivity contribution in [3.05, 3.63) is 57.5 Å². The first kappa shape index (κ1) is 16.6. The summed E-state index contributed by atoms with van der Waals surface area (Å²) in [6.45, 7) is 1.65. The average Bonchev–Trinajstić information content (AvgIpc) is 2.55. The molecule has 1 aliphatic carbocycles. The quantitative estimate of drug-likeness (QED) is 0.891. The van der Waals surface area contributed by atoms with Gasteiger partial charge in [0.2, 0.25) is 5.95 Å². The van der Waals surface area contributed by atoms with Crippen molar-refractivity contribution in [2.45, 2.75) is 51.0 Å². The normalized spacial score (nSPS) is 16.8. The monoisotopic (exact) mass is 333 g/mol. The molecule has 6 heteroatoms. The molecule has 2 aromatic rings. The fourth-order valence-electron chi connectivity index (χ4n) is 3.28. The lowest BCUT2D eigenvalue weighted by atomic mass is 9.95. The molecule has 4 nitrogen and oxygen atoms in total. The second kappa shape index (κ2) is 7.11. The lowest BCUT2D eigenvalue weighted by Gasteiger charge is -2.23. The third-order valence-electron chi connectivity index (χ3n) is 4.58. The third kappa shape index (κ3) is 3.63. The first-order valence-electron chi connectivity index (χ1n) is 8.36. The SMILES string of the molecule is CC(c1cc(=O)[nH]c(NC2CCCCC2)n1)c1c(F)cccc1F. The van der Waals surface area contributed by atoms with E-state index in [-0.39, 0.29) is 17.2 Å². The van der Waals surface area contributed by atoms with Gasteiger partial charge in [-0.05, 0) is 25.0 Å². The number of anilines is 1. The molecule has 1 aliphatic rings. The first-order valence-corrected chi connectivity index (χ1v) is 8.36. The molecule has 3 rings (SSSR count). The Hall–Kier alpha value is -2.24. The van der Waals surface area contributed by atoms with Gasteiger partial charge in [-0.15, -0.1) is 0 Å². The molecule has 0 radical (unpaired) electrons. The van der Waals surface area contributed by atoms with E-state index in [1.807, 2.05) is 0 Å². The minimum absolute atomic E-state index is 0.0702. The van der Waals surface area contributed by atoms with Gasteiger partial charge in [0.15, 0.2) is 0 Å². The van der Waals surface area contributed by atoms with E-state index in [9.17, 15) is 13.6 Å². The van der Waals surface area contributed by atoms with E-state index in [0.29, 0.717) is 11.6 Å². The van der Waals surface area contributed by atoms with Crippen molar-refractivity contribution in [1.29, 1.82) is 0 Å². The Bertz CT molecular complexity index is 749. The molecule has 1 atom stereocenters. The maximum absolute atomic E-state index is 14.0. The van der Waals surface area contributed by atoms with Crippen LogP contribution in [0.3, 0.4) is 0 Å². The van der Waals surface area contributed by atoms with E-state index in [0.717, 1.165) is 25.7 Å². The highest BCUT2D eigenvalue weighted by Crippen LogP contribution is 2.27. The van der Waals surface area contributed by atoms with Crippen molar-refractivity contribution in [3.8, 4) is 0 Å². The van der Waals surface area contributed by atoms with Crippen LogP contribution in [-0.4, -0.2) is 16.0 Å². The van der Waals surface area contributed by atoms with Gasteiger partial charge < -0.3 is 5.32 Å². The Kier molecular flexibility index (Phi) is 4.92. The van der Waals surface area contributed by atoms with Gasteiger partial charge in [-0.1, -0.05) is 32.3 Å². The van der Waals surface area contributed by atoms with Crippen LogP contribution in [-0.2, 0) is 0 Å². The molecule has 1 saturated carbocycles. The summed E-state index contributed by atoms with van der Waals surface area (Å²) in [5.74, 6) is -1.55. The van der Waals surface area contributed by atoms with E-state index in [4.69, 9.17) is 0 Å². The van der Waals surface area contributed by atoms with Crippen molar-refractivity contribution in [2.75, 3.05) is 5.32 Å².